The minimum Gasteiger partial charge on any atom is -0.355 e. The second kappa shape index (κ2) is 5.30. The fourth-order valence-electron chi connectivity index (χ4n) is 2.23. The highest BCUT2D eigenvalue weighted by Gasteiger charge is 2.29. The molecule has 1 saturated heterocycles. The number of nitrogens with one attached hydrogen (secondary N) is 3. The molecule has 0 bridgehead atoms. The molecule has 1 atom stereocenters. The molecular weight excluding hydrogens is 268 g/mol. The summed E-state index contributed by atoms with van der Waals surface area (Å²) in [5.74, 6) is -0.264. The van der Waals surface area contributed by atoms with Gasteiger partial charge in [-0.2, -0.15) is 9.82 Å². The van der Waals surface area contributed by atoms with Crippen molar-refractivity contribution in [3.8, 4) is 0 Å². The van der Waals surface area contributed by atoms with Gasteiger partial charge in [0.05, 0.1) is 11.4 Å². The van der Waals surface area contributed by atoms with Gasteiger partial charge in [-0.15, -0.1) is 0 Å². The van der Waals surface area contributed by atoms with Crippen LogP contribution in [0.15, 0.2) is 4.90 Å². The Morgan fingerprint density at radius 3 is 2.68 bits per heavy atom. The van der Waals surface area contributed by atoms with Crippen molar-refractivity contribution in [3.05, 3.63) is 11.4 Å². The maximum atomic E-state index is 12.3. The van der Waals surface area contributed by atoms with Crippen LogP contribution in [0.5, 0.6) is 0 Å². The molecule has 0 saturated carbocycles. The number of rotatable bonds is 3. The highest BCUT2D eigenvalue weighted by Crippen LogP contribution is 2.18. The summed E-state index contributed by atoms with van der Waals surface area (Å²) in [4.78, 5) is 11.9. The van der Waals surface area contributed by atoms with Gasteiger partial charge >= 0.3 is 0 Å². The van der Waals surface area contributed by atoms with E-state index in [9.17, 15) is 13.2 Å². The number of carbonyl (C=O) groups excluding carboxylic acids is 1. The molecule has 1 fully saturated rings. The molecule has 1 amide bonds. The van der Waals surface area contributed by atoms with Crippen LogP contribution in [0.25, 0.3) is 0 Å². The van der Waals surface area contributed by atoms with E-state index < -0.39 is 16.1 Å². The highest BCUT2D eigenvalue weighted by atomic mass is 32.2. The summed E-state index contributed by atoms with van der Waals surface area (Å²) in [5, 5.41) is 9.20. The molecule has 19 heavy (non-hydrogen) atoms. The monoisotopic (exact) mass is 286 g/mol. The van der Waals surface area contributed by atoms with E-state index >= 15 is 0 Å². The molecule has 0 aliphatic carbocycles. The Kier molecular flexibility index (Phi) is 3.91. The van der Waals surface area contributed by atoms with Crippen LogP contribution in [0.3, 0.4) is 0 Å². The van der Waals surface area contributed by atoms with Crippen LogP contribution in [0.4, 0.5) is 0 Å². The number of sulfonamides is 1. The molecule has 2 heterocycles. The molecule has 8 heteroatoms. The van der Waals surface area contributed by atoms with Crippen LogP contribution >= 0.6 is 0 Å². The summed E-state index contributed by atoms with van der Waals surface area (Å²) in [6.07, 6.45) is 2.20. The van der Waals surface area contributed by atoms with E-state index in [1.54, 1.807) is 13.8 Å². The number of aryl methyl sites for hydroxylation is 2. The van der Waals surface area contributed by atoms with Crippen LogP contribution in [0.1, 0.15) is 30.7 Å². The lowest BCUT2D eigenvalue weighted by atomic mass is 10.1. The van der Waals surface area contributed by atoms with Gasteiger partial charge in [0, 0.05) is 6.54 Å². The van der Waals surface area contributed by atoms with Crippen molar-refractivity contribution < 1.29 is 13.2 Å². The van der Waals surface area contributed by atoms with Crippen LogP contribution < -0.4 is 10.0 Å². The van der Waals surface area contributed by atoms with E-state index in [1.165, 1.54) is 0 Å². The molecule has 0 radical (unpaired) electrons. The summed E-state index contributed by atoms with van der Waals surface area (Å²) >= 11 is 0. The van der Waals surface area contributed by atoms with Crippen molar-refractivity contribution in [2.75, 3.05) is 6.54 Å². The highest BCUT2D eigenvalue weighted by molar-refractivity contribution is 7.89. The Balaban J connectivity index is 2.24. The maximum Gasteiger partial charge on any atom is 0.244 e. The van der Waals surface area contributed by atoms with Gasteiger partial charge in [0.25, 0.3) is 0 Å². The fourth-order valence-corrected chi connectivity index (χ4v) is 3.84. The standard InChI is InChI=1S/C11H18N4O3S/c1-7-10(8(2)14-13-7)19(17,18)15-9-5-3-4-6-12-11(9)16/h9,15H,3-6H2,1-2H3,(H,12,16)(H,13,14). The molecule has 1 unspecified atom stereocenters. The molecule has 1 aliphatic heterocycles. The van der Waals surface area contributed by atoms with Gasteiger partial charge in [-0.25, -0.2) is 8.42 Å². The van der Waals surface area contributed by atoms with Crippen molar-refractivity contribution in [1.82, 2.24) is 20.2 Å². The van der Waals surface area contributed by atoms with Crippen molar-refractivity contribution in [2.24, 2.45) is 0 Å². The van der Waals surface area contributed by atoms with Gasteiger partial charge in [0.15, 0.2) is 0 Å². The molecule has 0 spiro atoms. The van der Waals surface area contributed by atoms with Gasteiger partial charge in [0.2, 0.25) is 15.9 Å². The summed E-state index contributed by atoms with van der Waals surface area (Å²) in [6.45, 7) is 3.85. The predicted molar refractivity (Wildman–Crippen MR) is 69.0 cm³/mol. The Labute approximate surface area is 112 Å². The van der Waals surface area contributed by atoms with E-state index in [0.29, 0.717) is 24.4 Å². The number of H-pyrrole nitrogens is 1. The molecule has 1 aliphatic rings. The molecule has 1 aromatic heterocycles. The van der Waals surface area contributed by atoms with E-state index in [4.69, 9.17) is 0 Å². The van der Waals surface area contributed by atoms with Gasteiger partial charge in [-0.05, 0) is 33.1 Å². The lowest BCUT2D eigenvalue weighted by Crippen LogP contribution is -2.45. The molecular formula is C11H18N4O3S. The van der Waals surface area contributed by atoms with E-state index in [0.717, 1.165) is 12.8 Å². The smallest absolute Gasteiger partial charge is 0.244 e. The second-order valence-electron chi connectivity index (χ2n) is 4.72. The van der Waals surface area contributed by atoms with E-state index in [2.05, 4.69) is 20.2 Å². The van der Waals surface area contributed by atoms with Crippen LogP contribution in [0.2, 0.25) is 0 Å². The lowest BCUT2D eigenvalue weighted by Gasteiger charge is -2.15. The first-order valence-electron chi connectivity index (χ1n) is 6.23. The topological polar surface area (TPSA) is 104 Å². The van der Waals surface area contributed by atoms with Crippen LogP contribution in [-0.2, 0) is 14.8 Å². The SMILES string of the molecule is Cc1n[nH]c(C)c1S(=O)(=O)NC1CCCCNC1=O. The summed E-state index contributed by atoms with van der Waals surface area (Å²) < 4.78 is 27.1. The predicted octanol–water partition coefficient (Wildman–Crippen LogP) is -0.0265. The molecule has 2 rings (SSSR count). The van der Waals surface area contributed by atoms with Gasteiger partial charge in [-0.3, -0.25) is 9.89 Å². The number of hydrogen-bond donors (Lipinski definition) is 3. The normalized spacial score (nSPS) is 20.9. The number of amides is 1. The average Bonchev–Trinajstić information content (AvgIpc) is 2.54. The van der Waals surface area contributed by atoms with Gasteiger partial charge in [0.1, 0.15) is 10.9 Å². The number of hydrogen-bond acceptors (Lipinski definition) is 4. The average molecular weight is 286 g/mol. The summed E-state index contributed by atoms with van der Waals surface area (Å²) in [6, 6.07) is -0.707. The lowest BCUT2D eigenvalue weighted by molar-refractivity contribution is -0.122. The first kappa shape index (κ1) is 14.0. The molecule has 0 aromatic carbocycles. The molecule has 1 aromatic rings. The minimum atomic E-state index is -3.73. The minimum absolute atomic E-state index is 0.129. The van der Waals surface area contributed by atoms with Crippen LogP contribution in [-0.4, -0.2) is 37.1 Å². The Morgan fingerprint density at radius 2 is 2.05 bits per heavy atom. The number of aromatic nitrogens is 2. The third kappa shape index (κ3) is 2.95. The Bertz CT molecular complexity index is 559. The van der Waals surface area contributed by atoms with Crippen molar-refractivity contribution in [3.63, 3.8) is 0 Å². The molecule has 7 nitrogen and oxygen atoms in total. The van der Waals surface area contributed by atoms with E-state index in [-0.39, 0.29) is 10.8 Å². The van der Waals surface area contributed by atoms with E-state index in [1.807, 2.05) is 0 Å². The first-order valence-corrected chi connectivity index (χ1v) is 7.72. The quantitative estimate of drug-likeness (QED) is 0.726. The number of nitrogens with zero attached hydrogens (tertiary/aromatic N) is 1. The summed E-state index contributed by atoms with van der Waals surface area (Å²) in [5.41, 5.74) is 0.873. The largest absolute Gasteiger partial charge is 0.355 e. The fraction of sp³-hybridized carbons (Fsp3) is 0.636. The first-order chi connectivity index (χ1) is 8.92. The third-order valence-electron chi connectivity index (χ3n) is 3.16. The zero-order valence-electron chi connectivity index (χ0n) is 11.0. The third-order valence-corrected chi connectivity index (χ3v) is 4.90. The Morgan fingerprint density at radius 1 is 1.32 bits per heavy atom. The summed E-state index contributed by atoms with van der Waals surface area (Å²) in [7, 11) is -3.73. The molecule has 3 N–H and O–H groups in total. The maximum absolute atomic E-state index is 12.3. The second-order valence-corrected chi connectivity index (χ2v) is 6.37. The number of aromatic amines is 1. The van der Waals surface area contributed by atoms with Gasteiger partial charge in [-0.1, -0.05) is 0 Å². The van der Waals surface area contributed by atoms with Crippen molar-refractivity contribution in [1.29, 1.82) is 0 Å². The van der Waals surface area contributed by atoms with Crippen LogP contribution in [0, 0.1) is 13.8 Å². The van der Waals surface area contributed by atoms with Gasteiger partial charge < -0.3 is 5.32 Å². The Hall–Kier alpha value is -1.41. The molecule has 106 valence electrons. The zero-order chi connectivity index (χ0) is 14.0. The van der Waals surface area contributed by atoms with Crippen molar-refractivity contribution >= 4 is 15.9 Å². The zero-order valence-corrected chi connectivity index (χ0v) is 11.8. The number of carbonyl (C=O) groups is 1. The van der Waals surface area contributed by atoms with Crippen molar-refractivity contribution in [2.45, 2.75) is 44.0 Å².